The highest BCUT2D eigenvalue weighted by atomic mass is 16.6. The number of ether oxygens (including phenoxy) is 2. The van der Waals surface area contributed by atoms with E-state index in [-0.39, 0.29) is 30.3 Å². The van der Waals surface area contributed by atoms with Gasteiger partial charge in [0.15, 0.2) is 0 Å². The summed E-state index contributed by atoms with van der Waals surface area (Å²) in [7, 11) is 1.25. The Morgan fingerprint density at radius 3 is 1.96 bits per heavy atom. The summed E-state index contributed by atoms with van der Waals surface area (Å²) in [6.45, 7) is 13.4. The number of carbonyl (C=O) groups is 3. The Hall–Kier alpha value is -1.99. The first-order valence-corrected chi connectivity index (χ1v) is 8.97. The summed E-state index contributed by atoms with van der Waals surface area (Å²) in [6, 6.07) is -0.997. The van der Waals surface area contributed by atoms with E-state index in [1.165, 1.54) is 7.11 Å². The lowest BCUT2D eigenvalue weighted by atomic mass is 10.0. The third-order valence-corrected chi connectivity index (χ3v) is 3.50. The van der Waals surface area contributed by atoms with Crippen LogP contribution in [0.4, 0.5) is 9.59 Å². The Morgan fingerprint density at radius 2 is 1.54 bits per heavy atom. The molecule has 0 aromatic heterocycles. The predicted molar refractivity (Wildman–Crippen MR) is 99.8 cm³/mol. The summed E-state index contributed by atoms with van der Waals surface area (Å²) in [4.78, 5) is 35.9. The number of methoxy groups -OCH3 is 1. The van der Waals surface area contributed by atoms with Gasteiger partial charge in [-0.3, -0.25) is 4.79 Å². The Balaban J connectivity index is 4.79. The third kappa shape index (κ3) is 10.8. The van der Waals surface area contributed by atoms with Gasteiger partial charge in [-0.05, 0) is 39.0 Å². The molecule has 2 atom stereocenters. The van der Waals surface area contributed by atoms with Crippen molar-refractivity contribution < 1.29 is 23.9 Å². The number of amides is 3. The molecule has 0 spiro atoms. The maximum absolute atomic E-state index is 12.4. The smallest absolute Gasteiger partial charge is 0.407 e. The lowest BCUT2D eigenvalue weighted by Crippen LogP contribution is -2.52. The van der Waals surface area contributed by atoms with Crippen LogP contribution in [0.25, 0.3) is 0 Å². The molecule has 3 N–H and O–H groups in total. The van der Waals surface area contributed by atoms with E-state index in [0.29, 0.717) is 6.42 Å². The predicted octanol–water partition coefficient (Wildman–Crippen LogP) is 2.42. The Bertz CT molecular complexity index is 472. The van der Waals surface area contributed by atoms with E-state index in [0.717, 1.165) is 0 Å². The van der Waals surface area contributed by atoms with Crippen LogP contribution in [0.15, 0.2) is 0 Å². The first-order chi connectivity index (χ1) is 11.9. The highest BCUT2D eigenvalue weighted by molar-refractivity contribution is 5.85. The van der Waals surface area contributed by atoms with Crippen LogP contribution in [-0.4, -0.2) is 49.4 Å². The Morgan fingerprint density at radius 1 is 0.962 bits per heavy atom. The molecule has 0 saturated heterocycles. The van der Waals surface area contributed by atoms with Crippen molar-refractivity contribution in [2.75, 3.05) is 13.7 Å². The zero-order valence-electron chi connectivity index (χ0n) is 17.3. The quantitative estimate of drug-likeness (QED) is 0.606. The molecule has 0 unspecified atom stereocenters. The highest BCUT2D eigenvalue weighted by Gasteiger charge is 2.25. The van der Waals surface area contributed by atoms with E-state index in [4.69, 9.17) is 4.74 Å². The fourth-order valence-electron chi connectivity index (χ4n) is 2.15. The molecule has 0 aliphatic heterocycles. The second-order valence-electron chi connectivity index (χ2n) is 8.06. The minimum absolute atomic E-state index is 0.0833. The lowest BCUT2D eigenvalue weighted by Gasteiger charge is -2.27. The standard InChI is InChI=1S/C18H35N3O5/c1-11(2)9-13(20-16(23)25-8)15(22)19-10-14(12(3)4)21-17(24)26-18(5,6)7/h11-14H,9-10H2,1-8H3,(H,19,22)(H,20,23)(H,21,24)/t13-,14-/m1/s1. The van der Waals surface area contributed by atoms with Gasteiger partial charge in [0.25, 0.3) is 0 Å². The van der Waals surface area contributed by atoms with E-state index in [2.05, 4.69) is 20.7 Å². The molecule has 0 heterocycles. The monoisotopic (exact) mass is 373 g/mol. The van der Waals surface area contributed by atoms with Gasteiger partial charge in [-0.1, -0.05) is 27.7 Å². The van der Waals surface area contributed by atoms with Gasteiger partial charge >= 0.3 is 12.2 Å². The van der Waals surface area contributed by atoms with Crippen LogP contribution in [0, 0.1) is 11.8 Å². The highest BCUT2D eigenvalue weighted by Crippen LogP contribution is 2.09. The topological polar surface area (TPSA) is 106 Å². The van der Waals surface area contributed by atoms with Gasteiger partial charge in [-0.25, -0.2) is 9.59 Å². The first kappa shape index (κ1) is 24.0. The molecule has 0 bridgehead atoms. The van der Waals surface area contributed by atoms with E-state index in [1.807, 2.05) is 27.7 Å². The van der Waals surface area contributed by atoms with Crippen molar-refractivity contribution in [2.45, 2.75) is 72.6 Å². The van der Waals surface area contributed by atoms with E-state index in [9.17, 15) is 14.4 Å². The summed E-state index contributed by atoms with van der Waals surface area (Å²) >= 11 is 0. The maximum Gasteiger partial charge on any atom is 0.407 e. The van der Waals surface area contributed by atoms with Gasteiger partial charge in [-0.2, -0.15) is 0 Å². The molecule has 0 fully saturated rings. The molecular weight excluding hydrogens is 338 g/mol. The van der Waals surface area contributed by atoms with Gasteiger partial charge in [0.1, 0.15) is 11.6 Å². The summed E-state index contributed by atoms with van der Waals surface area (Å²) in [5.41, 5.74) is -0.596. The number of alkyl carbamates (subject to hydrolysis) is 2. The summed E-state index contributed by atoms with van der Waals surface area (Å²) in [5, 5.41) is 8.10. The molecule has 26 heavy (non-hydrogen) atoms. The minimum Gasteiger partial charge on any atom is -0.453 e. The van der Waals surface area contributed by atoms with E-state index < -0.39 is 23.8 Å². The largest absolute Gasteiger partial charge is 0.453 e. The Kier molecular flexibility index (Phi) is 10.0. The fraction of sp³-hybridized carbons (Fsp3) is 0.833. The van der Waals surface area contributed by atoms with Crippen molar-refractivity contribution in [1.82, 2.24) is 16.0 Å². The average Bonchev–Trinajstić information content (AvgIpc) is 2.47. The van der Waals surface area contributed by atoms with Gasteiger partial charge in [0.05, 0.1) is 13.2 Å². The molecule has 0 aliphatic rings. The van der Waals surface area contributed by atoms with Crippen molar-refractivity contribution in [3.8, 4) is 0 Å². The van der Waals surface area contributed by atoms with Crippen LogP contribution < -0.4 is 16.0 Å². The van der Waals surface area contributed by atoms with Crippen molar-refractivity contribution in [3.05, 3.63) is 0 Å². The molecule has 0 rings (SSSR count). The number of hydrogen-bond donors (Lipinski definition) is 3. The molecule has 8 nitrogen and oxygen atoms in total. The van der Waals surface area contributed by atoms with Gasteiger partial charge in [-0.15, -0.1) is 0 Å². The van der Waals surface area contributed by atoms with Crippen LogP contribution in [0.3, 0.4) is 0 Å². The number of carbonyl (C=O) groups excluding carboxylic acids is 3. The van der Waals surface area contributed by atoms with Crippen LogP contribution in [0.2, 0.25) is 0 Å². The maximum atomic E-state index is 12.4. The molecule has 0 saturated carbocycles. The molecule has 8 heteroatoms. The van der Waals surface area contributed by atoms with Crippen LogP contribution in [0.5, 0.6) is 0 Å². The second-order valence-corrected chi connectivity index (χ2v) is 8.06. The van der Waals surface area contributed by atoms with Gasteiger partial charge in [0.2, 0.25) is 5.91 Å². The molecule has 152 valence electrons. The fourth-order valence-corrected chi connectivity index (χ4v) is 2.15. The minimum atomic E-state index is -0.697. The first-order valence-electron chi connectivity index (χ1n) is 8.97. The second kappa shape index (κ2) is 10.9. The van der Waals surface area contributed by atoms with Gasteiger partial charge in [0, 0.05) is 6.54 Å². The van der Waals surface area contributed by atoms with Gasteiger partial charge < -0.3 is 25.4 Å². The molecule has 0 aliphatic carbocycles. The third-order valence-electron chi connectivity index (χ3n) is 3.50. The number of hydrogen-bond acceptors (Lipinski definition) is 5. The Labute approximate surface area is 156 Å². The van der Waals surface area contributed by atoms with Crippen molar-refractivity contribution >= 4 is 18.1 Å². The summed E-state index contributed by atoms with van der Waals surface area (Å²) in [6.07, 6.45) is -0.706. The lowest BCUT2D eigenvalue weighted by molar-refractivity contribution is -0.123. The van der Waals surface area contributed by atoms with Crippen LogP contribution >= 0.6 is 0 Å². The number of rotatable bonds is 8. The zero-order valence-corrected chi connectivity index (χ0v) is 17.3. The zero-order chi connectivity index (χ0) is 20.5. The van der Waals surface area contributed by atoms with Crippen molar-refractivity contribution in [1.29, 1.82) is 0 Å². The SMILES string of the molecule is COC(=O)N[C@H](CC(C)C)C(=O)NC[C@@H](NC(=O)OC(C)(C)C)C(C)C. The molecule has 3 amide bonds. The molecular formula is C18H35N3O5. The normalized spacial score (nSPS) is 13.8. The molecule has 0 radical (unpaired) electrons. The van der Waals surface area contributed by atoms with E-state index >= 15 is 0 Å². The van der Waals surface area contributed by atoms with E-state index in [1.54, 1.807) is 20.8 Å². The molecule has 0 aromatic rings. The van der Waals surface area contributed by atoms with Crippen LogP contribution in [0.1, 0.15) is 54.9 Å². The van der Waals surface area contributed by atoms with Crippen molar-refractivity contribution in [2.24, 2.45) is 11.8 Å². The average molecular weight is 373 g/mol. The number of nitrogens with one attached hydrogen (secondary N) is 3. The summed E-state index contributed by atoms with van der Waals surface area (Å²) in [5.74, 6) is -0.0237. The van der Waals surface area contributed by atoms with Crippen molar-refractivity contribution in [3.63, 3.8) is 0 Å². The van der Waals surface area contributed by atoms with Crippen LogP contribution in [-0.2, 0) is 14.3 Å². The summed E-state index contributed by atoms with van der Waals surface area (Å²) < 4.78 is 9.83. The molecule has 0 aromatic carbocycles.